The van der Waals surface area contributed by atoms with Crippen LogP contribution < -0.4 is 11.1 Å². The average molecular weight is 282 g/mol. The van der Waals surface area contributed by atoms with Crippen LogP contribution >= 0.6 is 23.2 Å². The van der Waals surface area contributed by atoms with E-state index in [-0.39, 0.29) is 10.7 Å². The van der Waals surface area contributed by atoms with Crippen LogP contribution in [0.15, 0.2) is 36.5 Å². The van der Waals surface area contributed by atoms with Gasteiger partial charge in [0.1, 0.15) is 5.15 Å². The number of nitrogen functional groups attached to an aromatic ring is 1. The predicted molar refractivity (Wildman–Crippen MR) is 73.1 cm³/mol. The van der Waals surface area contributed by atoms with E-state index in [1.165, 1.54) is 12.3 Å². The van der Waals surface area contributed by atoms with Gasteiger partial charge in [-0.1, -0.05) is 35.3 Å². The second-order valence-electron chi connectivity index (χ2n) is 3.54. The molecule has 6 heteroatoms. The Bertz CT molecular complexity index is 602. The number of carbonyl (C=O) groups excluding carboxylic acids is 1. The number of nitrogens with two attached hydrogens (primary N) is 1. The number of nitrogens with one attached hydrogen (secondary N) is 1. The largest absolute Gasteiger partial charge is 0.397 e. The number of carbonyl (C=O) groups is 1. The van der Waals surface area contributed by atoms with Gasteiger partial charge in [0.15, 0.2) is 0 Å². The number of nitrogens with zero attached hydrogens (tertiary/aromatic N) is 1. The van der Waals surface area contributed by atoms with Gasteiger partial charge in [-0.3, -0.25) is 4.79 Å². The maximum Gasteiger partial charge on any atom is 0.258 e. The van der Waals surface area contributed by atoms with Gasteiger partial charge < -0.3 is 11.1 Å². The summed E-state index contributed by atoms with van der Waals surface area (Å²) in [6.45, 7) is 0. The lowest BCUT2D eigenvalue weighted by Crippen LogP contribution is -2.13. The van der Waals surface area contributed by atoms with Crippen molar-refractivity contribution in [1.29, 1.82) is 0 Å². The second-order valence-corrected chi connectivity index (χ2v) is 4.31. The molecule has 3 N–H and O–H groups in total. The molecule has 1 aromatic heterocycles. The number of aromatic nitrogens is 1. The molecule has 0 aliphatic rings. The number of amides is 1. The lowest BCUT2D eigenvalue weighted by molar-refractivity contribution is 0.102. The molecule has 0 atom stereocenters. The number of anilines is 2. The summed E-state index contributed by atoms with van der Waals surface area (Å²) in [5.41, 5.74) is 6.63. The summed E-state index contributed by atoms with van der Waals surface area (Å²) in [7, 11) is 0. The summed E-state index contributed by atoms with van der Waals surface area (Å²) in [4.78, 5) is 15.8. The first-order chi connectivity index (χ1) is 8.58. The van der Waals surface area contributed by atoms with Crippen molar-refractivity contribution in [3.63, 3.8) is 0 Å². The summed E-state index contributed by atoms with van der Waals surface area (Å²) in [6.07, 6.45) is 1.38. The van der Waals surface area contributed by atoms with Gasteiger partial charge in [0.25, 0.3) is 5.91 Å². The molecule has 2 rings (SSSR count). The van der Waals surface area contributed by atoms with E-state index in [1.54, 1.807) is 24.3 Å². The van der Waals surface area contributed by atoms with Crippen molar-refractivity contribution in [2.45, 2.75) is 0 Å². The molecule has 0 bridgehead atoms. The number of hydrogen-bond acceptors (Lipinski definition) is 3. The quantitative estimate of drug-likeness (QED) is 0.831. The van der Waals surface area contributed by atoms with Crippen LogP contribution in [0.4, 0.5) is 11.4 Å². The van der Waals surface area contributed by atoms with Crippen molar-refractivity contribution in [2.75, 3.05) is 11.1 Å². The lowest BCUT2D eigenvalue weighted by Gasteiger charge is -2.08. The van der Waals surface area contributed by atoms with Crippen LogP contribution in [-0.2, 0) is 0 Å². The Morgan fingerprint density at radius 2 is 2.00 bits per heavy atom. The molecule has 0 aliphatic heterocycles. The maximum atomic E-state index is 12.0. The van der Waals surface area contributed by atoms with Gasteiger partial charge in [-0.15, -0.1) is 0 Å². The third-order valence-corrected chi connectivity index (χ3v) is 2.86. The van der Waals surface area contributed by atoms with Crippen molar-refractivity contribution in [2.24, 2.45) is 0 Å². The van der Waals surface area contributed by atoms with E-state index < -0.39 is 5.91 Å². The first-order valence-corrected chi connectivity index (χ1v) is 5.80. The second kappa shape index (κ2) is 5.25. The Morgan fingerprint density at radius 3 is 2.72 bits per heavy atom. The fourth-order valence-corrected chi connectivity index (χ4v) is 1.75. The minimum atomic E-state index is -0.409. The Hall–Kier alpha value is -1.78. The van der Waals surface area contributed by atoms with Crippen molar-refractivity contribution < 1.29 is 4.79 Å². The Kier molecular flexibility index (Phi) is 3.69. The molecular weight excluding hydrogens is 273 g/mol. The van der Waals surface area contributed by atoms with Gasteiger partial charge in [0.05, 0.1) is 28.2 Å². The standard InChI is InChI=1S/C12H9Cl2N3O/c13-9-3-1-2-4-10(9)17-12(18)8-5-7(15)6-16-11(8)14/h1-6H,15H2,(H,17,18). The average Bonchev–Trinajstić information content (AvgIpc) is 2.35. The van der Waals surface area contributed by atoms with Crippen LogP contribution in [0, 0.1) is 0 Å². The van der Waals surface area contributed by atoms with Crippen LogP contribution in [0.3, 0.4) is 0 Å². The number of para-hydroxylation sites is 1. The molecule has 0 saturated heterocycles. The summed E-state index contributed by atoms with van der Waals surface area (Å²) in [5, 5.41) is 3.18. The van der Waals surface area contributed by atoms with E-state index in [4.69, 9.17) is 28.9 Å². The van der Waals surface area contributed by atoms with Gasteiger partial charge in [-0.2, -0.15) is 0 Å². The van der Waals surface area contributed by atoms with Crippen LogP contribution in [0.1, 0.15) is 10.4 Å². The Labute approximate surface area is 114 Å². The van der Waals surface area contributed by atoms with Gasteiger partial charge in [-0.25, -0.2) is 4.98 Å². The molecule has 1 heterocycles. The smallest absolute Gasteiger partial charge is 0.258 e. The fourth-order valence-electron chi connectivity index (χ4n) is 1.38. The van der Waals surface area contributed by atoms with Crippen molar-refractivity contribution in [3.05, 3.63) is 52.3 Å². The number of rotatable bonds is 2. The highest BCUT2D eigenvalue weighted by Gasteiger charge is 2.13. The molecule has 0 spiro atoms. The van der Waals surface area contributed by atoms with E-state index in [9.17, 15) is 4.79 Å². The van der Waals surface area contributed by atoms with Crippen LogP contribution in [0.25, 0.3) is 0 Å². The number of benzene rings is 1. The molecule has 1 amide bonds. The minimum absolute atomic E-state index is 0.0914. The Morgan fingerprint density at radius 1 is 1.28 bits per heavy atom. The molecule has 92 valence electrons. The zero-order valence-corrected chi connectivity index (χ0v) is 10.7. The SMILES string of the molecule is Nc1cnc(Cl)c(C(=O)Nc2ccccc2Cl)c1. The topological polar surface area (TPSA) is 68.0 Å². The monoisotopic (exact) mass is 281 g/mol. The van der Waals surface area contributed by atoms with Crippen molar-refractivity contribution >= 4 is 40.5 Å². The molecule has 18 heavy (non-hydrogen) atoms. The lowest BCUT2D eigenvalue weighted by atomic mass is 10.2. The van der Waals surface area contributed by atoms with E-state index >= 15 is 0 Å². The van der Waals surface area contributed by atoms with Gasteiger partial charge in [0.2, 0.25) is 0 Å². The third kappa shape index (κ3) is 2.72. The predicted octanol–water partition coefficient (Wildman–Crippen LogP) is 3.22. The van der Waals surface area contributed by atoms with E-state index in [0.717, 1.165) is 0 Å². The van der Waals surface area contributed by atoms with Gasteiger partial charge in [-0.05, 0) is 18.2 Å². The fraction of sp³-hybridized carbons (Fsp3) is 0. The van der Waals surface area contributed by atoms with E-state index in [1.807, 2.05) is 0 Å². The molecule has 0 radical (unpaired) electrons. The Balaban J connectivity index is 2.28. The number of pyridine rings is 1. The molecule has 0 fully saturated rings. The van der Waals surface area contributed by atoms with Gasteiger partial charge >= 0.3 is 0 Å². The highest BCUT2D eigenvalue weighted by Crippen LogP contribution is 2.23. The minimum Gasteiger partial charge on any atom is -0.397 e. The first-order valence-electron chi connectivity index (χ1n) is 5.05. The molecule has 0 aliphatic carbocycles. The van der Waals surface area contributed by atoms with Crippen LogP contribution in [0.5, 0.6) is 0 Å². The molecule has 2 aromatic rings. The van der Waals surface area contributed by atoms with Crippen LogP contribution in [0.2, 0.25) is 10.2 Å². The zero-order valence-electron chi connectivity index (χ0n) is 9.15. The van der Waals surface area contributed by atoms with Gasteiger partial charge in [0, 0.05) is 0 Å². The summed E-state index contributed by atoms with van der Waals surface area (Å²) in [5.74, 6) is -0.409. The van der Waals surface area contributed by atoms with E-state index in [0.29, 0.717) is 16.4 Å². The van der Waals surface area contributed by atoms with E-state index in [2.05, 4.69) is 10.3 Å². The molecule has 0 saturated carbocycles. The van der Waals surface area contributed by atoms with Crippen molar-refractivity contribution in [1.82, 2.24) is 4.98 Å². The molecule has 0 unspecified atom stereocenters. The maximum absolute atomic E-state index is 12.0. The highest BCUT2D eigenvalue weighted by molar-refractivity contribution is 6.35. The summed E-state index contributed by atoms with van der Waals surface area (Å²) < 4.78 is 0. The normalized spacial score (nSPS) is 10.1. The first kappa shape index (κ1) is 12.7. The van der Waals surface area contributed by atoms with Crippen LogP contribution in [-0.4, -0.2) is 10.9 Å². The zero-order chi connectivity index (χ0) is 13.1. The molecular formula is C12H9Cl2N3O. The third-order valence-electron chi connectivity index (χ3n) is 2.23. The summed E-state index contributed by atoms with van der Waals surface area (Å²) in [6, 6.07) is 8.36. The molecule has 1 aromatic carbocycles. The van der Waals surface area contributed by atoms with Crippen molar-refractivity contribution in [3.8, 4) is 0 Å². The number of halogens is 2. The highest BCUT2D eigenvalue weighted by atomic mass is 35.5. The summed E-state index contributed by atoms with van der Waals surface area (Å²) >= 11 is 11.8. The number of hydrogen-bond donors (Lipinski definition) is 2. The molecule has 4 nitrogen and oxygen atoms in total.